The van der Waals surface area contributed by atoms with Crippen molar-refractivity contribution in [2.45, 2.75) is 44.9 Å². The van der Waals surface area contributed by atoms with Crippen LogP contribution in [0.15, 0.2) is 59.1 Å². The van der Waals surface area contributed by atoms with E-state index < -0.39 is 0 Å². The van der Waals surface area contributed by atoms with Crippen LogP contribution in [0.1, 0.15) is 48.1 Å². The third-order valence-corrected chi connectivity index (χ3v) is 5.47. The Morgan fingerprint density at radius 1 is 1.12 bits per heavy atom. The number of amides is 2. The third kappa shape index (κ3) is 5.91. The van der Waals surface area contributed by atoms with Gasteiger partial charge in [-0.05, 0) is 42.5 Å². The Morgan fingerprint density at radius 2 is 1.94 bits per heavy atom. The van der Waals surface area contributed by atoms with E-state index in [0.29, 0.717) is 44.4 Å². The van der Waals surface area contributed by atoms with E-state index in [-0.39, 0.29) is 17.9 Å². The van der Waals surface area contributed by atoms with Gasteiger partial charge in [-0.1, -0.05) is 47.6 Å². The SMILES string of the molecule is O=C(NCc1ccc(F)cc1)N1CCCCC1c1nc(CCOCc2ccccc2)no1. The molecule has 168 valence electrons. The number of likely N-dealkylation sites (tertiary alicyclic amines) is 1. The van der Waals surface area contributed by atoms with Gasteiger partial charge in [-0.2, -0.15) is 4.98 Å². The Labute approximate surface area is 186 Å². The van der Waals surface area contributed by atoms with Gasteiger partial charge < -0.3 is 19.5 Å². The lowest BCUT2D eigenvalue weighted by Gasteiger charge is -2.33. The summed E-state index contributed by atoms with van der Waals surface area (Å²) in [6.45, 7) is 1.98. The number of ether oxygens (including phenoxy) is 1. The molecule has 8 heteroatoms. The molecule has 7 nitrogen and oxygen atoms in total. The first-order chi connectivity index (χ1) is 15.7. The Hall–Kier alpha value is -3.26. The van der Waals surface area contributed by atoms with E-state index in [9.17, 15) is 9.18 Å². The zero-order chi connectivity index (χ0) is 22.2. The summed E-state index contributed by atoms with van der Waals surface area (Å²) >= 11 is 0. The van der Waals surface area contributed by atoms with Gasteiger partial charge in [-0.3, -0.25) is 0 Å². The first-order valence-electron chi connectivity index (χ1n) is 10.9. The van der Waals surface area contributed by atoms with Crippen LogP contribution in [0.5, 0.6) is 0 Å². The minimum Gasteiger partial charge on any atom is -0.376 e. The van der Waals surface area contributed by atoms with Crippen LogP contribution in [0.2, 0.25) is 0 Å². The van der Waals surface area contributed by atoms with Crippen LogP contribution in [0, 0.1) is 5.82 Å². The largest absolute Gasteiger partial charge is 0.376 e. The fraction of sp³-hybridized carbons (Fsp3) is 0.375. The molecular weight excluding hydrogens is 411 g/mol. The lowest BCUT2D eigenvalue weighted by atomic mass is 10.0. The highest BCUT2D eigenvalue weighted by Gasteiger charge is 2.32. The zero-order valence-corrected chi connectivity index (χ0v) is 17.9. The first kappa shape index (κ1) is 22.0. The van der Waals surface area contributed by atoms with E-state index in [0.717, 1.165) is 30.4 Å². The molecule has 1 saturated heterocycles. The minimum atomic E-state index is -0.297. The molecule has 1 aliphatic rings. The predicted octanol–water partition coefficient (Wildman–Crippen LogP) is 4.40. The molecule has 0 radical (unpaired) electrons. The fourth-order valence-electron chi connectivity index (χ4n) is 3.74. The van der Waals surface area contributed by atoms with Crippen molar-refractivity contribution in [3.8, 4) is 0 Å². The van der Waals surface area contributed by atoms with Gasteiger partial charge in [0.05, 0.1) is 13.2 Å². The molecule has 1 aromatic heterocycles. The van der Waals surface area contributed by atoms with E-state index in [2.05, 4.69) is 15.5 Å². The van der Waals surface area contributed by atoms with E-state index in [1.165, 1.54) is 12.1 Å². The highest BCUT2D eigenvalue weighted by Crippen LogP contribution is 2.30. The van der Waals surface area contributed by atoms with Crippen molar-refractivity contribution in [1.82, 2.24) is 20.4 Å². The highest BCUT2D eigenvalue weighted by molar-refractivity contribution is 5.74. The second-order valence-electron chi connectivity index (χ2n) is 7.83. The van der Waals surface area contributed by atoms with Gasteiger partial charge in [0.2, 0.25) is 5.89 Å². The maximum atomic E-state index is 13.1. The van der Waals surface area contributed by atoms with Crippen molar-refractivity contribution < 1.29 is 18.4 Å². The maximum absolute atomic E-state index is 13.1. The number of nitrogens with one attached hydrogen (secondary N) is 1. The van der Waals surface area contributed by atoms with Gasteiger partial charge >= 0.3 is 6.03 Å². The quantitative estimate of drug-likeness (QED) is 0.527. The number of piperidine rings is 1. The number of nitrogens with zero attached hydrogens (tertiary/aromatic N) is 3. The molecule has 32 heavy (non-hydrogen) atoms. The molecule has 2 aromatic carbocycles. The summed E-state index contributed by atoms with van der Waals surface area (Å²) < 4.78 is 24.3. The summed E-state index contributed by atoms with van der Waals surface area (Å²) in [6, 6.07) is 15.6. The Bertz CT molecular complexity index is 994. The number of aromatic nitrogens is 2. The van der Waals surface area contributed by atoms with Crippen molar-refractivity contribution in [3.05, 3.63) is 83.3 Å². The second-order valence-corrected chi connectivity index (χ2v) is 7.83. The van der Waals surface area contributed by atoms with Gasteiger partial charge in [0.15, 0.2) is 5.82 Å². The van der Waals surface area contributed by atoms with Crippen molar-refractivity contribution in [2.75, 3.05) is 13.2 Å². The molecule has 0 bridgehead atoms. The fourth-order valence-corrected chi connectivity index (χ4v) is 3.74. The lowest BCUT2D eigenvalue weighted by Crippen LogP contribution is -2.44. The zero-order valence-electron chi connectivity index (χ0n) is 17.9. The van der Waals surface area contributed by atoms with Crippen LogP contribution in [0.3, 0.4) is 0 Å². The average molecular weight is 439 g/mol. The molecule has 3 aromatic rings. The number of halogens is 1. The Morgan fingerprint density at radius 3 is 2.75 bits per heavy atom. The van der Waals surface area contributed by atoms with Crippen LogP contribution in [0.25, 0.3) is 0 Å². The first-order valence-corrected chi connectivity index (χ1v) is 10.9. The van der Waals surface area contributed by atoms with Crippen LogP contribution in [-0.4, -0.2) is 34.2 Å². The average Bonchev–Trinajstić information content (AvgIpc) is 3.31. The van der Waals surface area contributed by atoms with E-state index in [1.54, 1.807) is 17.0 Å². The van der Waals surface area contributed by atoms with E-state index >= 15 is 0 Å². The summed E-state index contributed by atoms with van der Waals surface area (Å²) in [5.74, 6) is 0.735. The molecule has 1 unspecified atom stereocenters. The van der Waals surface area contributed by atoms with Gasteiger partial charge in [0.25, 0.3) is 0 Å². The monoisotopic (exact) mass is 438 g/mol. The van der Waals surface area contributed by atoms with E-state index in [1.807, 2.05) is 30.3 Å². The summed E-state index contributed by atoms with van der Waals surface area (Å²) in [5, 5.41) is 6.98. The number of urea groups is 1. The number of benzene rings is 2. The smallest absolute Gasteiger partial charge is 0.318 e. The van der Waals surface area contributed by atoms with Gasteiger partial charge in [0.1, 0.15) is 11.9 Å². The van der Waals surface area contributed by atoms with Gasteiger partial charge in [0, 0.05) is 19.5 Å². The van der Waals surface area contributed by atoms with Crippen molar-refractivity contribution in [1.29, 1.82) is 0 Å². The second kappa shape index (κ2) is 10.9. The summed E-state index contributed by atoms with van der Waals surface area (Å²) in [7, 11) is 0. The third-order valence-electron chi connectivity index (χ3n) is 5.47. The molecule has 1 atom stereocenters. The number of carbonyl (C=O) groups is 1. The standard InChI is InChI=1S/C24H27FN4O3/c25-20-11-9-18(10-12-20)16-26-24(30)29-14-5-4-8-21(29)23-27-22(28-32-23)13-15-31-17-19-6-2-1-3-7-19/h1-3,6-7,9-12,21H,4-5,8,13-17H2,(H,26,30). The summed E-state index contributed by atoms with van der Waals surface area (Å²) in [4.78, 5) is 19.1. The molecule has 1 aliphatic heterocycles. The number of rotatable bonds is 8. The van der Waals surface area contributed by atoms with Crippen LogP contribution < -0.4 is 5.32 Å². The predicted molar refractivity (Wildman–Crippen MR) is 116 cm³/mol. The van der Waals surface area contributed by atoms with E-state index in [4.69, 9.17) is 9.26 Å². The number of hydrogen-bond donors (Lipinski definition) is 1. The summed E-state index contributed by atoms with van der Waals surface area (Å²) in [5.41, 5.74) is 1.95. The van der Waals surface area contributed by atoms with Crippen molar-refractivity contribution in [2.24, 2.45) is 0 Å². The molecule has 4 rings (SSSR count). The Kier molecular flexibility index (Phi) is 7.45. The topological polar surface area (TPSA) is 80.5 Å². The normalized spacial score (nSPS) is 16.2. The molecule has 2 heterocycles. The van der Waals surface area contributed by atoms with Crippen LogP contribution in [0.4, 0.5) is 9.18 Å². The molecule has 1 N–H and O–H groups in total. The molecule has 0 aliphatic carbocycles. The lowest BCUT2D eigenvalue weighted by molar-refractivity contribution is 0.122. The Balaban J connectivity index is 1.29. The highest BCUT2D eigenvalue weighted by atomic mass is 19.1. The van der Waals surface area contributed by atoms with Crippen molar-refractivity contribution >= 4 is 6.03 Å². The van der Waals surface area contributed by atoms with Gasteiger partial charge in [-0.25, -0.2) is 9.18 Å². The molecule has 2 amide bonds. The van der Waals surface area contributed by atoms with Crippen LogP contribution >= 0.6 is 0 Å². The molecule has 1 fully saturated rings. The summed E-state index contributed by atoms with van der Waals surface area (Å²) in [6.07, 6.45) is 3.23. The minimum absolute atomic E-state index is 0.190. The maximum Gasteiger partial charge on any atom is 0.318 e. The molecule has 0 spiro atoms. The molecular formula is C24H27FN4O3. The number of hydrogen-bond acceptors (Lipinski definition) is 5. The number of carbonyl (C=O) groups excluding carboxylic acids is 1. The van der Waals surface area contributed by atoms with Gasteiger partial charge in [-0.15, -0.1) is 0 Å². The molecule has 0 saturated carbocycles. The van der Waals surface area contributed by atoms with Crippen molar-refractivity contribution in [3.63, 3.8) is 0 Å². The van der Waals surface area contributed by atoms with Crippen LogP contribution in [-0.2, 0) is 24.3 Å².